The van der Waals surface area contributed by atoms with Crippen LogP contribution in [0.1, 0.15) is 6.92 Å². The highest BCUT2D eigenvalue weighted by Crippen LogP contribution is 2.21. The molecule has 11 heavy (non-hydrogen) atoms. The molecule has 1 aliphatic carbocycles. The van der Waals surface area contributed by atoms with Gasteiger partial charge in [-0.15, -0.1) is 0 Å². The quantitative estimate of drug-likeness (QED) is 0.506. The van der Waals surface area contributed by atoms with Crippen molar-refractivity contribution in [2.75, 3.05) is 0 Å². The standard InChI is InChI=1S/C8H6N2O/c1-5-2-3-6-8(5)10-7(4-11)9-6/h2-4H,1H3. The molecule has 1 heterocycles. The number of hydrogen-bond acceptors (Lipinski definition) is 3. The summed E-state index contributed by atoms with van der Waals surface area (Å²) in [5, 5.41) is 0. The Morgan fingerprint density at radius 1 is 1.36 bits per heavy atom. The lowest BCUT2D eigenvalue weighted by atomic mass is 10.3. The van der Waals surface area contributed by atoms with Gasteiger partial charge in [0.2, 0.25) is 0 Å². The third-order valence-corrected chi connectivity index (χ3v) is 1.67. The largest absolute Gasteiger partial charge is 0.294 e. The third-order valence-electron chi connectivity index (χ3n) is 1.67. The fraction of sp³-hybridized carbons (Fsp3) is 0.125. The molecule has 0 saturated heterocycles. The van der Waals surface area contributed by atoms with Crippen LogP contribution in [0.5, 0.6) is 0 Å². The van der Waals surface area contributed by atoms with Crippen LogP contribution >= 0.6 is 0 Å². The van der Waals surface area contributed by atoms with E-state index in [0.717, 1.165) is 17.0 Å². The topological polar surface area (TPSA) is 41.8 Å². The number of carbonyl (C=O) groups excluding carboxylic acids is 1. The molecule has 3 heteroatoms. The van der Waals surface area contributed by atoms with E-state index in [4.69, 9.17) is 0 Å². The van der Waals surface area contributed by atoms with Crippen LogP contribution in [-0.2, 0) is 4.79 Å². The second kappa shape index (κ2) is 1.99. The predicted molar refractivity (Wildman–Crippen MR) is 42.8 cm³/mol. The van der Waals surface area contributed by atoms with Gasteiger partial charge < -0.3 is 0 Å². The van der Waals surface area contributed by atoms with Gasteiger partial charge in [-0.1, -0.05) is 6.08 Å². The lowest BCUT2D eigenvalue weighted by Gasteiger charge is -1.87. The first-order valence-corrected chi connectivity index (χ1v) is 3.33. The highest BCUT2D eigenvalue weighted by atomic mass is 16.1. The zero-order valence-corrected chi connectivity index (χ0v) is 6.03. The number of carbonyl (C=O) groups is 1. The van der Waals surface area contributed by atoms with Crippen molar-refractivity contribution < 1.29 is 4.79 Å². The molecule has 0 fully saturated rings. The van der Waals surface area contributed by atoms with Crippen LogP contribution in [0.2, 0.25) is 0 Å². The van der Waals surface area contributed by atoms with E-state index in [1.807, 2.05) is 19.1 Å². The van der Waals surface area contributed by atoms with Crippen LogP contribution in [0.25, 0.3) is 0 Å². The molecule has 54 valence electrons. The van der Waals surface area contributed by atoms with Crippen molar-refractivity contribution in [1.29, 1.82) is 0 Å². The van der Waals surface area contributed by atoms with Crippen LogP contribution in [0, 0.1) is 0 Å². The molecule has 2 aliphatic rings. The molecule has 3 nitrogen and oxygen atoms in total. The van der Waals surface area contributed by atoms with E-state index in [1.54, 1.807) is 0 Å². The Kier molecular flexibility index (Phi) is 1.12. The Balaban J connectivity index is 2.52. The lowest BCUT2D eigenvalue weighted by Crippen LogP contribution is -1.90. The summed E-state index contributed by atoms with van der Waals surface area (Å²) < 4.78 is 0. The Bertz CT molecular complexity index is 345. The maximum Gasteiger partial charge on any atom is 0.193 e. The number of amidine groups is 1. The number of hydrogen-bond donors (Lipinski definition) is 0. The minimum absolute atomic E-state index is 0.277. The molecule has 1 aliphatic heterocycles. The van der Waals surface area contributed by atoms with Crippen molar-refractivity contribution in [1.82, 2.24) is 0 Å². The Morgan fingerprint density at radius 2 is 2.18 bits per heavy atom. The zero-order chi connectivity index (χ0) is 7.84. The number of aliphatic imine (C=N–C) groups is 2. The second-order valence-corrected chi connectivity index (χ2v) is 2.45. The summed E-state index contributed by atoms with van der Waals surface area (Å²) in [6.45, 7) is 1.95. The lowest BCUT2D eigenvalue weighted by molar-refractivity contribution is -0.102. The van der Waals surface area contributed by atoms with E-state index in [2.05, 4.69) is 9.98 Å². The van der Waals surface area contributed by atoms with Crippen molar-refractivity contribution in [2.45, 2.75) is 6.92 Å². The smallest absolute Gasteiger partial charge is 0.193 e. The van der Waals surface area contributed by atoms with Crippen molar-refractivity contribution in [3.63, 3.8) is 0 Å². The summed E-state index contributed by atoms with van der Waals surface area (Å²) >= 11 is 0. The molecule has 2 rings (SSSR count). The number of aldehydes is 1. The zero-order valence-electron chi connectivity index (χ0n) is 6.03. The van der Waals surface area contributed by atoms with Crippen LogP contribution in [0.3, 0.4) is 0 Å². The van der Waals surface area contributed by atoms with Gasteiger partial charge in [-0.05, 0) is 18.6 Å². The van der Waals surface area contributed by atoms with Gasteiger partial charge in [-0.25, -0.2) is 9.98 Å². The molecule has 0 saturated carbocycles. The van der Waals surface area contributed by atoms with Gasteiger partial charge >= 0.3 is 0 Å². The average molecular weight is 146 g/mol. The molecule has 0 N–H and O–H groups in total. The fourth-order valence-electron chi connectivity index (χ4n) is 1.12. The molecule has 0 atom stereocenters. The average Bonchev–Trinajstić information content (AvgIpc) is 2.53. The first-order chi connectivity index (χ1) is 5.31. The second-order valence-electron chi connectivity index (χ2n) is 2.45. The van der Waals surface area contributed by atoms with Gasteiger partial charge in [-0.2, -0.15) is 0 Å². The molecule has 0 aromatic carbocycles. The molecular weight excluding hydrogens is 140 g/mol. The fourth-order valence-corrected chi connectivity index (χ4v) is 1.12. The summed E-state index contributed by atoms with van der Waals surface area (Å²) in [4.78, 5) is 18.2. The number of fused-ring (bicyclic) bond motifs is 1. The van der Waals surface area contributed by atoms with Gasteiger partial charge in [0.05, 0.1) is 11.4 Å². The van der Waals surface area contributed by atoms with Crippen LogP contribution in [0.15, 0.2) is 33.4 Å². The molecule has 0 aromatic rings. The molecule has 0 aromatic heterocycles. The predicted octanol–water partition coefficient (Wildman–Crippen LogP) is 0.882. The van der Waals surface area contributed by atoms with Crippen LogP contribution in [-0.4, -0.2) is 17.8 Å². The molecular formula is C8H6N2O. The highest BCUT2D eigenvalue weighted by molar-refractivity contribution is 6.36. The maximum absolute atomic E-state index is 10.3. The molecule has 0 bridgehead atoms. The number of rotatable bonds is 1. The molecule has 0 amide bonds. The van der Waals surface area contributed by atoms with E-state index < -0.39 is 0 Å². The van der Waals surface area contributed by atoms with Crippen molar-refractivity contribution in [3.05, 3.63) is 23.4 Å². The Labute approximate surface area is 63.9 Å². The van der Waals surface area contributed by atoms with Crippen molar-refractivity contribution >= 4 is 17.8 Å². The van der Waals surface area contributed by atoms with Crippen molar-refractivity contribution in [2.24, 2.45) is 9.98 Å². The van der Waals surface area contributed by atoms with Gasteiger partial charge in [0.15, 0.2) is 12.1 Å². The Morgan fingerprint density at radius 3 is 2.82 bits per heavy atom. The number of nitrogens with zero attached hydrogens (tertiary/aromatic N) is 2. The maximum atomic E-state index is 10.3. The van der Waals surface area contributed by atoms with E-state index in [9.17, 15) is 4.79 Å². The van der Waals surface area contributed by atoms with Gasteiger partial charge in [-0.3, -0.25) is 4.79 Å². The summed E-state index contributed by atoms with van der Waals surface area (Å²) in [5.74, 6) is 0.277. The summed E-state index contributed by atoms with van der Waals surface area (Å²) in [6, 6.07) is 0. The minimum Gasteiger partial charge on any atom is -0.294 e. The van der Waals surface area contributed by atoms with E-state index in [1.165, 1.54) is 0 Å². The van der Waals surface area contributed by atoms with Gasteiger partial charge in [0.25, 0.3) is 0 Å². The van der Waals surface area contributed by atoms with E-state index in [0.29, 0.717) is 6.29 Å². The summed E-state index contributed by atoms with van der Waals surface area (Å²) in [5.41, 5.74) is 2.72. The molecule has 0 spiro atoms. The Hall–Kier alpha value is -1.51. The third kappa shape index (κ3) is 0.774. The minimum atomic E-state index is 0.277. The first-order valence-electron chi connectivity index (χ1n) is 3.33. The van der Waals surface area contributed by atoms with E-state index >= 15 is 0 Å². The van der Waals surface area contributed by atoms with Gasteiger partial charge in [0.1, 0.15) is 0 Å². The van der Waals surface area contributed by atoms with Crippen LogP contribution < -0.4 is 0 Å². The monoisotopic (exact) mass is 146 g/mol. The van der Waals surface area contributed by atoms with E-state index in [-0.39, 0.29) is 5.84 Å². The summed E-state index contributed by atoms with van der Waals surface area (Å²) in [7, 11) is 0. The SMILES string of the molecule is CC1=C2N=C(C=O)N=C2C=C1. The normalized spacial score (nSPS) is 20.1. The van der Waals surface area contributed by atoms with Crippen LogP contribution in [0.4, 0.5) is 0 Å². The van der Waals surface area contributed by atoms with Gasteiger partial charge in [0, 0.05) is 0 Å². The summed E-state index contributed by atoms with van der Waals surface area (Å²) in [6.07, 6.45) is 4.48. The van der Waals surface area contributed by atoms with Crippen molar-refractivity contribution in [3.8, 4) is 0 Å². The highest BCUT2D eigenvalue weighted by Gasteiger charge is 2.18. The number of allylic oxidation sites excluding steroid dienone is 3. The first kappa shape index (κ1) is 6.22. The molecule has 0 unspecified atom stereocenters. The molecule has 0 radical (unpaired) electrons.